The molecule has 0 aliphatic rings. The van der Waals surface area contributed by atoms with Crippen LogP contribution in [0.25, 0.3) is 0 Å². The minimum absolute atomic E-state index is 0.0160. The van der Waals surface area contributed by atoms with Crippen LogP contribution in [-0.4, -0.2) is 23.5 Å². The number of nitrogens with two attached hydrogens (primary N) is 1. The summed E-state index contributed by atoms with van der Waals surface area (Å²) >= 11 is 0. The molecule has 0 aliphatic heterocycles. The zero-order valence-corrected chi connectivity index (χ0v) is 10.3. The first kappa shape index (κ1) is 15.0. The van der Waals surface area contributed by atoms with E-state index in [2.05, 4.69) is 0 Å². The molecule has 0 aromatic heterocycles. The predicted octanol–water partition coefficient (Wildman–Crippen LogP) is 1.86. The topological polar surface area (TPSA) is 72.2 Å². The van der Waals surface area contributed by atoms with E-state index in [1.54, 1.807) is 0 Å². The maximum atomic E-state index is 12.6. The molecule has 0 radical (unpaired) electrons. The molecule has 4 nitrogen and oxygen atoms in total. The molecular weight excluding hydrogens is 261 g/mol. The van der Waals surface area contributed by atoms with Crippen molar-refractivity contribution in [2.45, 2.75) is 25.6 Å². The average molecular weight is 274 g/mol. The number of hydrogen-bond acceptors (Lipinski definition) is 2. The fourth-order valence-corrected chi connectivity index (χ4v) is 1.21. The predicted molar refractivity (Wildman–Crippen MR) is 62.6 cm³/mol. The number of hydrogen-bond donors (Lipinski definition) is 2. The molecule has 3 N–H and O–H groups in total. The summed E-state index contributed by atoms with van der Waals surface area (Å²) in [5.41, 5.74) is 2.86. The van der Waals surface area contributed by atoms with Crippen molar-refractivity contribution in [3.05, 3.63) is 35.4 Å². The lowest BCUT2D eigenvalue weighted by atomic mass is 10.0. The van der Waals surface area contributed by atoms with Crippen molar-refractivity contribution < 1.29 is 22.8 Å². The molecule has 19 heavy (non-hydrogen) atoms. The van der Waals surface area contributed by atoms with Crippen LogP contribution in [0.15, 0.2) is 24.3 Å². The molecule has 0 unspecified atom stereocenters. The van der Waals surface area contributed by atoms with Gasteiger partial charge in [0.05, 0.1) is 0 Å². The molecule has 1 aromatic rings. The first-order valence-electron chi connectivity index (χ1n) is 5.34. The molecule has 0 aliphatic carbocycles. The van der Waals surface area contributed by atoms with E-state index in [9.17, 15) is 22.8 Å². The van der Waals surface area contributed by atoms with E-state index in [0.29, 0.717) is 0 Å². The van der Waals surface area contributed by atoms with Gasteiger partial charge in [-0.15, -0.1) is 0 Å². The van der Waals surface area contributed by atoms with Crippen molar-refractivity contribution in [1.29, 1.82) is 0 Å². The summed E-state index contributed by atoms with van der Waals surface area (Å²) in [5, 5.41) is 1.88. The summed E-state index contributed by atoms with van der Waals surface area (Å²) in [4.78, 5) is 22.5. The Hall–Kier alpha value is -2.05. The van der Waals surface area contributed by atoms with E-state index in [1.165, 1.54) is 24.3 Å². The highest BCUT2D eigenvalue weighted by molar-refractivity contribution is 5.97. The quantitative estimate of drug-likeness (QED) is 0.883. The summed E-state index contributed by atoms with van der Waals surface area (Å²) < 4.78 is 37.8. The number of primary amides is 1. The van der Waals surface area contributed by atoms with Gasteiger partial charge in [0, 0.05) is 11.1 Å². The first-order valence-corrected chi connectivity index (χ1v) is 5.34. The van der Waals surface area contributed by atoms with Crippen LogP contribution in [0.4, 0.5) is 13.2 Å². The van der Waals surface area contributed by atoms with Crippen LogP contribution < -0.4 is 11.1 Å². The molecule has 0 heterocycles. The number of benzene rings is 1. The second-order valence-electron chi connectivity index (χ2n) is 4.52. The SMILES string of the molecule is CC(C)(NC(=O)c1ccc(C(N)=O)cc1)C(F)(F)F. The van der Waals surface area contributed by atoms with Crippen LogP contribution in [0, 0.1) is 0 Å². The molecule has 0 fully saturated rings. The molecule has 104 valence electrons. The van der Waals surface area contributed by atoms with Gasteiger partial charge in [-0.25, -0.2) is 0 Å². The van der Waals surface area contributed by atoms with Crippen molar-refractivity contribution in [2.75, 3.05) is 0 Å². The van der Waals surface area contributed by atoms with Crippen molar-refractivity contribution in [3.8, 4) is 0 Å². The van der Waals surface area contributed by atoms with Crippen molar-refractivity contribution in [3.63, 3.8) is 0 Å². The van der Waals surface area contributed by atoms with Crippen LogP contribution in [0.2, 0.25) is 0 Å². The Kier molecular flexibility index (Phi) is 3.88. The monoisotopic (exact) mass is 274 g/mol. The second-order valence-corrected chi connectivity index (χ2v) is 4.52. The van der Waals surface area contributed by atoms with Gasteiger partial charge in [-0.2, -0.15) is 13.2 Å². The van der Waals surface area contributed by atoms with Crippen LogP contribution in [0.1, 0.15) is 34.6 Å². The summed E-state index contributed by atoms with van der Waals surface area (Å²) in [6.07, 6.45) is -4.56. The van der Waals surface area contributed by atoms with Gasteiger partial charge in [-0.1, -0.05) is 0 Å². The van der Waals surface area contributed by atoms with Gasteiger partial charge in [-0.05, 0) is 38.1 Å². The Labute approximate surface area is 107 Å². The lowest BCUT2D eigenvalue weighted by molar-refractivity contribution is -0.182. The summed E-state index contributed by atoms with van der Waals surface area (Å²) in [6.45, 7) is 1.73. The standard InChI is InChI=1S/C12H13F3N2O2/c1-11(2,12(13,14)15)17-10(19)8-5-3-7(4-6-8)9(16)18/h3-6H,1-2H3,(H2,16,18)(H,17,19). The smallest absolute Gasteiger partial charge is 0.366 e. The average Bonchev–Trinajstić information content (AvgIpc) is 2.27. The number of carbonyl (C=O) groups excluding carboxylic acids is 2. The number of nitrogens with one attached hydrogen (secondary N) is 1. The number of halogens is 3. The highest BCUT2D eigenvalue weighted by Gasteiger charge is 2.48. The van der Waals surface area contributed by atoms with Gasteiger partial charge in [0.2, 0.25) is 5.91 Å². The third-order valence-corrected chi connectivity index (χ3v) is 2.57. The van der Waals surface area contributed by atoms with Gasteiger partial charge < -0.3 is 11.1 Å². The van der Waals surface area contributed by atoms with E-state index >= 15 is 0 Å². The molecule has 0 spiro atoms. The second kappa shape index (κ2) is 4.91. The van der Waals surface area contributed by atoms with E-state index in [-0.39, 0.29) is 11.1 Å². The molecule has 7 heteroatoms. The van der Waals surface area contributed by atoms with E-state index < -0.39 is 23.5 Å². The van der Waals surface area contributed by atoms with Crippen molar-refractivity contribution in [2.24, 2.45) is 5.73 Å². The largest absolute Gasteiger partial charge is 0.410 e. The Morgan fingerprint density at radius 2 is 1.47 bits per heavy atom. The van der Waals surface area contributed by atoms with Crippen molar-refractivity contribution in [1.82, 2.24) is 5.32 Å². The Morgan fingerprint density at radius 1 is 1.05 bits per heavy atom. The van der Waals surface area contributed by atoms with Crippen molar-refractivity contribution >= 4 is 11.8 Å². The molecule has 2 amide bonds. The van der Waals surface area contributed by atoms with Crippen LogP contribution in [0.3, 0.4) is 0 Å². The number of carbonyl (C=O) groups is 2. The van der Waals surface area contributed by atoms with Gasteiger partial charge >= 0.3 is 6.18 Å². The van der Waals surface area contributed by atoms with Crippen LogP contribution in [-0.2, 0) is 0 Å². The zero-order valence-electron chi connectivity index (χ0n) is 10.3. The minimum Gasteiger partial charge on any atom is -0.366 e. The molecule has 0 bridgehead atoms. The third-order valence-electron chi connectivity index (χ3n) is 2.57. The summed E-state index contributed by atoms with van der Waals surface area (Å²) in [5.74, 6) is -1.55. The molecular formula is C12H13F3N2O2. The Morgan fingerprint density at radius 3 is 1.84 bits per heavy atom. The van der Waals surface area contributed by atoms with Gasteiger partial charge in [0.15, 0.2) is 0 Å². The highest BCUT2D eigenvalue weighted by Crippen LogP contribution is 2.29. The Bertz CT molecular complexity index is 493. The van der Waals surface area contributed by atoms with E-state index in [1.807, 2.05) is 5.32 Å². The summed E-state index contributed by atoms with van der Waals surface area (Å²) in [7, 11) is 0. The number of amides is 2. The fraction of sp³-hybridized carbons (Fsp3) is 0.333. The number of rotatable bonds is 3. The van der Waals surface area contributed by atoms with Gasteiger partial charge in [-0.3, -0.25) is 9.59 Å². The molecule has 0 atom stereocenters. The highest BCUT2D eigenvalue weighted by atomic mass is 19.4. The van der Waals surface area contributed by atoms with Crippen LogP contribution >= 0.6 is 0 Å². The maximum Gasteiger partial charge on any atom is 0.410 e. The lowest BCUT2D eigenvalue weighted by Crippen LogP contribution is -2.54. The van der Waals surface area contributed by atoms with Gasteiger partial charge in [0.1, 0.15) is 5.54 Å². The summed E-state index contributed by atoms with van der Waals surface area (Å²) in [6, 6.07) is 5.03. The number of alkyl halides is 3. The van der Waals surface area contributed by atoms with Gasteiger partial charge in [0.25, 0.3) is 5.91 Å². The zero-order chi connectivity index (χ0) is 14.8. The lowest BCUT2D eigenvalue weighted by Gasteiger charge is -2.28. The Balaban J connectivity index is 2.88. The van der Waals surface area contributed by atoms with E-state index in [0.717, 1.165) is 13.8 Å². The molecule has 1 aromatic carbocycles. The van der Waals surface area contributed by atoms with Crippen LogP contribution in [0.5, 0.6) is 0 Å². The fourth-order valence-electron chi connectivity index (χ4n) is 1.21. The molecule has 0 saturated heterocycles. The van der Waals surface area contributed by atoms with E-state index in [4.69, 9.17) is 5.73 Å². The molecule has 1 rings (SSSR count). The minimum atomic E-state index is -4.56. The third kappa shape index (κ3) is 3.46. The normalized spacial score (nSPS) is 12.1. The first-order chi connectivity index (χ1) is 8.54. The molecule has 0 saturated carbocycles. The maximum absolute atomic E-state index is 12.6.